The van der Waals surface area contributed by atoms with E-state index in [0.29, 0.717) is 6.61 Å². The molecule has 0 aliphatic heterocycles. The summed E-state index contributed by atoms with van der Waals surface area (Å²) in [7, 11) is 4.02. The van der Waals surface area contributed by atoms with Gasteiger partial charge in [-0.3, -0.25) is 4.98 Å². The molecule has 132 valence electrons. The van der Waals surface area contributed by atoms with E-state index in [1.165, 1.54) is 0 Å². The maximum atomic E-state index is 6.50. The lowest BCUT2D eigenvalue weighted by atomic mass is 10.1. The largest absolute Gasteiger partial charge is 0.375 e. The maximum Gasteiger partial charge on any atom is 0.179 e. The molecule has 0 spiro atoms. The van der Waals surface area contributed by atoms with Crippen molar-refractivity contribution in [2.75, 3.05) is 32.6 Å². The fourth-order valence-corrected chi connectivity index (χ4v) is 3.00. The van der Waals surface area contributed by atoms with Gasteiger partial charge in [-0.15, -0.1) is 0 Å². The lowest BCUT2D eigenvalue weighted by Gasteiger charge is -2.26. The predicted molar refractivity (Wildman–Crippen MR) is 105 cm³/mol. The van der Waals surface area contributed by atoms with Crippen LogP contribution in [0.5, 0.6) is 0 Å². The summed E-state index contributed by atoms with van der Waals surface area (Å²) in [6.07, 6.45) is 7.87. The highest BCUT2D eigenvalue weighted by Crippen LogP contribution is 2.28. The topological polar surface area (TPSA) is 37.4 Å². The Morgan fingerprint density at radius 2 is 1.96 bits per heavy atom. The fourth-order valence-electron chi connectivity index (χ4n) is 2.77. The van der Waals surface area contributed by atoms with Gasteiger partial charge in [0.25, 0.3) is 0 Å². The minimum Gasteiger partial charge on any atom is -0.375 e. The van der Waals surface area contributed by atoms with Crippen LogP contribution < -0.4 is 5.32 Å². The molecule has 0 amide bonds. The minimum atomic E-state index is -0.857. The molecule has 1 aliphatic carbocycles. The maximum absolute atomic E-state index is 6.50. The smallest absolute Gasteiger partial charge is 0.179 e. The van der Waals surface area contributed by atoms with Crippen LogP contribution in [-0.4, -0.2) is 48.2 Å². The summed E-state index contributed by atoms with van der Waals surface area (Å²) in [5, 5.41) is 3.79. The quantitative estimate of drug-likeness (QED) is 0.627. The Labute approximate surface area is 154 Å². The van der Waals surface area contributed by atoms with E-state index in [2.05, 4.69) is 27.3 Å². The van der Waals surface area contributed by atoms with Crippen LogP contribution in [0.25, 0.3) is 10.9 Å². The number of aromatic nitrogens is 1. The van der Waals surface area contributed by atoms with E-state index >= 15 is 0 Å². The van der Waals surface area contributed by atoms with Gasteiger partial charge in [0.05, 0.1) is 18.2 Å². The molecule has 1 heterocycles. The second kappa shape index (κ2) is 7.56. The molecule has 1 N–H and O–H groups in total. The molecule has 0 saturated carbocycles. The summed E-state index contributed by atoms with van der Waals surface area (Å²) in [6, 6.07) is 10.3. The van der Waals surface area contributed by atoms with Gasteiger partial charge >= 0.3 is 0 Å². The van der Waals surface area contributed by atoms with Gasteiger partial charge in [-0.2, -0.15) is 0 Å². The number of fused-ring (bicyclic) bond motifs is 1. The number of alkyl halides is 1. The van der Waals surface area contributed by atoms with E-state index in [4.69, 9.17) is 16.3 Å². The number of nitrogens with zero attached hydrogens (tertiary/aromatic N) is 2. The molecule has 0 unspecified atom stereocenters. The number of hydrogen-bond acceptors (Lipinski definition) is 4. The van der Waals surface area contributed by atoms with Gasteiger partial charge in [0.15, 0.2) is 5.06 Å². The summed E-state index contributed by atoms with van der Waals surface area (Å²) < 4.78 is 5.78. The molecule has 25 heavy (non-hydrogen) atoms. The van der Waals surface area contributed by atoms with Gasteiger partial charge in [-0.05, 0) is 45.3 Å². The van der Waals surface area contributed by atoms with Crippen molar-refractivity contribution in [1.82, 2.24) is 9.88 Å². The van der Waals surface area contributed by atoms with Crippen molar-refractivity contribution in [3.8, 4) is 0 Å². The SMILES string of the molecule is Cc1cc(NC2C=CC(Cl)(OCCN(C)C)C=C2)c2ccccc2n1. The highest BCUT2D eigenvalue weighted by atomic mass is 35.5. The Hall–Kier alpha value is -1.88. The number of nitrogens with one attached hydrogen (secondary N) is 1. The molecule has 0 bridgehead atoms. The highest BCUT2D eigenvalue weighted by molar-refractivity contribution is 6.25. The van der Waals surface area contributed by atoms with Gasteiger partial charge in [0.1, 0.15) is 0 Å². The molecule has 3 rings (SSSR count). The minimum absolute atomic E-state index is 0.0644. The van der Waals surface area contributed by atoms with Crippen molar-refractivity contribution in [3.05, 3.63) is 60.3 Å². The first-order valence-electron chi connectivity index (χ1n) is 8.44. The van der Waals surface area contributed by atoms with Crippen LogP contribution in [0.2, 0.25) is 0 Å². The number of para-hydroxylation sites is 1. The molecular formula is C20H24ClN3O. The average Bonchev–Trinajstić information content (AvgIpc) is 2.56. The van der Waals surface area contributed by atoms with E-state index in [1.54, 1.807) is 0 Å². The average molecular weight is 358 g/mol. The monoisotopic (exact) mass is 357 g/mol. The zero-order valence-electron chi connectivity index (χ0n) is 14.9. The van der Waals surface area contributed by atoms with Crippen LogP contribution in [-0.2, 0) is 4.74 Å². The molecule has 5 heteroatoms. The standard InChI is InChI=1S/C20H24ClN3O/c1-15-14-19(17-6-4-5-7-18(17)22-15)23-16-8-10-20(21,11-9-16)25-13-12-24(2)3/h4-11,14,16H,12-13H2,1-3H3,(H,22,23). The van der Waals surface area contributed by atoms with Gasteiger partial charge in [-0.1, -0.05) is 42.0 Å². The van der Waals surface area contributed by atoms with Crippen LogP contribution in [0.4, 0.5) is 5.69 Å². The predicted octanol–water partition coefficient (Wildman–Crippen LogP) is 3.96. The van der Waals surface area contributed by atoms with E-state index in [1.807, 2.05) is 63.5 Å². The van der Waals surface area contributed by atoms with Crippen LogP contribution in [0.1, 0.15) is 5.69 Å². The molecule has 4 nitrogen and oxygen atoms in total. The first kappa shape index (κ1) is 17.9. The number of ether oxygens (including phenoxy) is 1. The van der Waals surface area contributed by atoms with Crippen molar-refractivity contribution < 1.29 is 4.74 Å². The number of anilines is 1. The molecule has 0 saturated heterocycles. The summed E-state index contributed by atoms with van der Waals surface area (Å²) in [5.41, 5.74) is 3.05. The second-order valence-corrected chi connectivity index (χ2v) is 7.16. The molecule has 1 aromatic heterocycles. The number of aryl methyl sites for hydroxylation is 1. The first-order valence-corrected chi connectivity index (χ1v) is 8.82. The lowest BCUT2D eigenvalue weighted by molar-refractivity contribution is 0.0732. The molecule has 1 aromatic carbocycles. The zero-order chi connectivity index (χ0) is 17.9. The molecule has 1 aliphatic rings. The number of halogens is 1. The first-order chi connectivity index (χ1) is 12.0. The van der Waals surface area contributed by atoms with E-state index in [9.17, 15) is 0 Å². The third kappa shape index (κ3) is 4.60. The molecule has 0 radical (unpaired) electrons. The van der Waals surface area contributed by atoms with E-state index < -0.39 is 5.06 Å². The number of likely N-dealkylation sites (N-methyl/N-ethyl adjacent to an activating group) is 1. The van der Waals surface area contributed by atoms with Crippen molar-refractivity contribution in [1.29, 1.82) is 0 Å². The Bertz CT molecular complexity index is 787. The molecule has 0 fully saturated rings. The molecular weight excluding hydrogens is 334 g/mol. The summed E-state index contributed by atoms with van der Waals surface area (Å²) in [6.45, 7) is 3.42. The Kier molecular flexibility index (Phi) is 5.42. The van der Waals surface area contributed by atoms with Crippen LogP contribution in [0, 0.1) is 6.92 Å². The fraction of sp³-hybridized carbons (Fsp3) is 0.350. The van der Waals surface area contributed by atoms with E-state index in [0.717, 1.165) is 28.8 Å². The number of pyridine rings is 1. The van der Waals surface area contributed by atoms with Gasteiger partial charge in [-0.25, -0.2) is 0 Å². The Balaban J connectivity index is 1.70. The zero-order valence-corrected chi connectivity index (χ0v) is 15.6. The van der Waals surface area contributed by atoms with Crippen molar-refractivity contribution in [3.63, 3.8) is 0 Å². The number of hydrogen-bond donors (Lipinski definition) is 1. The number of benzene rings is 1. The normalized spacial score (nSPS) is 22.7. The van der Waals surface area contributed by atoms with Crippen LogP contribution in [0.15, 0.2) is 54.6 Å². The van der Waals surface area contributed by atoms with Crippen molar-refractivity contribution >= 4 is 28.2 Å². The summed E-state index contributed by atoms with van der Waals surface area (Å²) in [4.78, 5) is 6.65. The Morgan fingerprint density at radius 1 is 1.24 bits per heavy atom. The highest BCUT2D eigenvalue weighted by Gasteiger charge is 2.25. The third-order valence-corrected chi connectivity index (χ3v) is 4.45. The Morgan fingerprint density at radius 3 is 2.68 bits per heavy atom. The van der Waals surface area contributed by atoms with Crippen molar-refractivity contribution in [2.45, 2.75) is 18.0 Å². The van der Waals surface area contributed by atoms with Gasteiger partial charge in [0, 0.05) is 23.3 Å². The van der Waals surface area contributed by atoms with Crippen LogP contribution in [0.3, 0.4) is 0 Å². The van der Waals surface area contributed by atoms with Crippen LogP contribution >= 0.6 is 11.6 Å². The number of rotatable bonds is 6. The summed E-state index contributed by atoms with van der Waals surface area (Å²) in [5.74, 6) is 0. The van der Waals surface area contributed by atoms with E-state index in [-0.39, 0.29) is 6.04 Å². The lowest BCUT2D eigenvalue weighted by Crippen LogP contribution is -2.30. The second-order valence-electron chi connectivity index (χ2n) is 6.57. The van der Waals surface area contributed by atoms with Crippen molar-refractivity contribution in [2.24, 2.45) is 0 Å². The third-order valence-electron chi connectivity index (χ3n) is 4.09. The summed E-state index contributed by atoms with van der Waals surface area (Å²) >= 11 is 6.50. The van der Waals surface area contributed by atoms with Gasteiger partial charge < -0.3 is 15.0 Å². The molecule has 2 aromatic rings. The van der Waals surface area contributed by atoms with Gasteiger partial charge in [0.2, 0.25) is 0 Å². The molecule has 0 atom stereocenters.